The molecule has 0 unspecified atom stereocenters. The number of aromatic nitrogens is 2. The fourth-order valence-electron chi connectivity index (χ4n) is 3.37. The lowest BCUT2D eigenvalue weighted by atomic mass is 10.2. The fourth-order valence-corrected chi connectivity index (χ4v) is 4.39. The van der Waals surface area contributed by atoms with E-state index in [1.54, 1.807) is 0 Å². The molecule has 1 saturated heterocycles. The number of nitrogens with zero attached hydrogens (tertiary/aromatic N) is 3. The number of rotatable bonds is 4. The number of carbonyl (C=O) groups excluding carboxylic acids is 1. The Morgan fingerprint density at radius 1 is 1.31 bits per heavy atom. The summed E-state index contributed by atoms with van der Waals surface area (Å²) in [5, 5.41) is 4.07. The first kappa shape index (κ1) is 17.2. The van der Waals surface area contributed by atoms with E-state index in [0.717, 1.165) is 45.2 Å². The number of para-hydroxylation sites is 1. The summed E-state index contributed by atoms with van der Waals surface area (Å²) in [6.07, 6.45) is 1.77. The summed E-state index contributed by atoms with van der Waals surface area (Å²) >= 11 is 7.43. The highest BCUT2D eigenvalue weighted by Crippen LogP contribution is 2.26. The van der Waals surface area contributed by atoms with Crippen molar-refractivity contribution in [3.63, 3.8) is 0 Å². The molecule has 3 heterocycles. The molecular weight excluding hydrogens is 368 g/mol. The first-order valence-corrected chi connectivity index (χ1v) is 9.83. The molecule has 1 atom stereocenters. The second kappa shape index (κ2) is 7.21. The van der Waals surface area contributed by atoms with E-state index in [2.05, 4.69) is 10.3 Å². The lowest BCUT2D eigenvalue weighted by molar-refractivity contribution is -0.122. The maximum atomic E-state index is 12.7. The molecule has 3 aromatic rings. The summed E-state index contributed by atoms with van der Waals surface area (Å²) in [5.74, 6) is 0.652. The van der Waals surface area contributed by atoms with Gasteiger partial charge < -0.3 is 10.2 Å². The predicted octanol–water partition coefficient (Wildman–Crippen LogP) is 3.94. The lowest BCUT2D eigenvalue weighted by Crippen LogP contribution is -2.43. The number of aryl methyl sites for hydroxylation is 1. The minimum absolute atomic E-state index is 0.0152. The number of anilines is 1. The number of thiophene rings is 1. The zero-order valence-corrected chi connectivity index (χ0v) is 16.0. The SMILES string of the molecule is Cc1nc(N2CCC[C@H]2C(=O)NCc2ccc(Cl)s2)nc2ccccc12. The first-order valence-electron chi connectivity index (χ1n) is 8.64. The van der Waals surface area contributed by atoms with Crippen molar-refractivity contribution in [2.45, 2.75) is 32.4 Å². The molecule has 0 saturated carbocycles. The van der Waals surface area contributed by atoms with Crippen LogP contribution in [0.25, 0.3) is 10.9 Å². The van der Waals surface area contributed by atoms with Crippen molar-refractivity contribution < 1.29 is 4.79 Å². The van der Waals surface area contributed by atoms with Gasteiger partial charge in [0.15, 0.2) is 0 Å². The molecule has 1 aromatic carbocycles. The van der Waals surface area contributed by atoms with Gasteiger partial charge in [-0.2, -0.15) is 0 Å². The van der Waals surface area contributed by atoms with Crippen LogP contribution in [0.5, 0.6) is 0 Å². The standard InChI is InChI=1S/C19H19ClN4OS/c1-12-14-5-2-3-6-15(14)23-19(22-12)24-10-4-7-16(24)18(25)21-11-13-8-9-17(20)26-13/h2-3,5-6,8-9,16H,4,7,10-11H2,1H3,(H,21,25)/t16-/m0/s1. The minimum Gasteiger partial charge on any atom is -0.349 e. The van der Waals surface area contributed by atoms with Crippen LogP contribution in [-0.4, -0.2) is 28.5 Å². The molecule has 1 amide bonds. The van der Waals surface area contributed by atoms with Crippen molar-refractivity contribution in [3.05, 3.63) is 51.3 Å². The van der Waals surface area contributed by atoms with Gasteiger partial charge >= 0.3 is 0 Å². The maximum absolute atomic E-state index is 12.7. The number of nitrogens with one attached hydrogen (secondary N) is 1. The summed E-state index contributed by atoms with van der Waals surface area (Å²) in [6, 6.07) is 11.5. The molecule has 1 fully saturated rings. The summed E-state index contributed by atoms with van der Waals surface area (Å²) in [5.41, 5.74) is 1.85. The summed E-state index contributed by atoms with van der Waals surface area (Å²) < 4.78 is 0.733. The Morgan fingerprint density at radius 2 is 2.15 bits per heavy atom. The molecule has 0 bridgehead atoms. The van der Waals surface area contributed by atoms with Gasteiger partial charge in [-0.1, -0.05) is 29.8 Å². The lowest BCUT2D eigenvalue weighted by Gasteiger charge is -2.24. The van der Waals surface area contributed by atoms with Gasteiger partial charge in [0.25, 0.3) is 0 Å². The maximum Gasteiger partial charge on any atom is 0.243 e. The average molecular weight is 387 g/mol. The van der Waals surface area contributed by atoms with Gasteiger partial charge in [0.2, 0.25) is 11.9 Å². The van der Waals surface area contributed by atoms with Gasteiger partial charge in [-0.15, -0.1) is 11.3 Å². The number of hydrogen-bond acceptors (Lipinski definition) is 5. The fraction of sp³-hybridized carbons (Fsp3) is 0.316. The molecule has 1 aliphatic rings. The van der Waals surface area contributed by atoms with Crippen LogP contribution in [0.2, 0.25) is 4.34 Å². The molecule has 134 valence electrons. The zero-order valence-electron chi connectivity index (χ0n) is 14.4. The second-order valence-corrected chi connectivity index (χ2v) is 8.20. The molecule has 26 heavy (non-hydrogen) atoms. The zero-order chi connectivity index (χ0) is 18.1. The van der Waals surface area contributed by atoms with E-state index < -0.39 is 0 Å². The van der Waals surface area contributed by atoms with E-state index >= 15 is 0 Å². The smallest absolute Gasteiger partial charge is 0.243 e. The molecule has 0 aliphatic carbocycles. The van der Waals surface area contributed by atoms with Crippen molar-refractivity contribution in [2.24, 2.45) is 0 Å². The van der Waals surface area contributed by atoms with Gasteiger partial charge in [-0.25, -0.2) is 9.97 Å². The van der Waals surface area contributed by atoms with Crippen LogP contribution < -0.4 is 10.2 Å². The number of halogens is 1. The Balaban J connectivity index is 1.53. The molecule has 4 rings (SSSR count). The normalized spacial score (nSPS) is 17.0. The van der Waals surface area contributed by atoms with Crippen LogP contribution in [-0.2, 0) is 11.3 Å². The van der Waals surface area contributed by atoms with Crippen LogP contribution in [0.4, 0.5) is 5.95 Å². The van der Waals surface area contributed by atoms with E-state index in [0.29, 0.717) is 12.5 Å². The van der Waals surface area contributed by atoms with E-state index in [-0.39, 0.29) is 11.9 Å². The van der Waals surface area contributed by atoms with Gasteiger partial charge in [0, 0.05) is 16.8 Å². The Kier molecular flexibility index (Phi) is 4.78. The highest BCUT2D eigenvalue weighted by Gasteiger charge is 2.32. The summed E-state index contributed by atoms with van der Waals surface area (Å²) in [7, 11) is 0. The van der Waals surface area contributed by atoms with E-state index in [1.165, 1.54) is 11.3 Å². The highest BCUT2D eigenvalue weighted by molar-refractivity contribution is 7.16. The van der Waals surface area contributed by atoms with Crippen molar-refractivity contribution in [2.75, 3.05) is 11.4 Å². The second-order valence-electron chi connectivity index (χ2n) is 6.40. The third-order valence-electron chi connectivity index (χ3n) is 4.66. The van der Waals surface area contributed by atoms with Gasteiger partial charge in [0.05, 0.1) is 22.1 Å². The quantitative estimate of drug-likeness (QED) is 0.737. The van der Waals surface area contributed by atoms with Crippen molar-refractivity contribution >= 4 is 45.7 Å². The summed E-state index contributed by atoms with van der Waals surface area (Å²) in [6.45, 7) is 3.28. The number of benzene rings is 1. The largest absolute Gasteiger partial charge is 0.349 e. The number of amides is 1. The van der Waals surface area contributed by atoms with Gasteiger partial charge in [-0.05, 0) is 38.0 Å². The minimum atomic E-state index is -0.231. The predicted molar refractivity (Wildman–Crippen MR) is 106 cm³/mol. The molecule has 5 nitrogen and oxygen atoms in total. The number of fused-ring (bicyclic) bond motifs is 1. The highest BCUT2D eigenvalue weighted by atomic mass is 35.5. The molecule has 2 aromatic heterocycles. The van der Waals surface area contributed by atoms with Gasteiger partial charge in [0.1, 0.15) is 6.04 Å². The average Bonchev–Trinajstić information content (AvgIpc) is 3.28. The van der Waals surface area contributed by atoms with Crippen LogP contribution in [0, 0.1) is 6.92 Å². The monoisotopic (exact) mass is 386 g/mol. The van der Waals surface area contributed by atoms with Gasteiger partial charge in [-0.3, -0.25) is 4.79 Å². The number of hydrogen-bond donors (Lipinski definition) is 1. The molecular formula is C19H19ClN4OS. The summed E-state index contributed by atoms with van der Waals surface area (Å²) in [4.78, 5) is 25.1. The van der Waals surface area contributed by atoms with Crippen molar-refractivity contribution in [1.29, 1.82) is 0 Å². The molecule has 1 aliphatic heterocycles. The van der Waals surface area contributed by atoms with E-state index in [4.69, 9.17) is 16.6 Å². The Bertz CT molecular complexity index is 958. The molecule has 0 radical (unpaired) electrons. The number of carbonyl (C=O) groups is 1. The van der Waals surface area contributed by atoms with E-state index in [9.17, 15) is 4.79 Å². The van der Waals surface area contributed by atoms with Crippen LogP contribution in [0.3, 0.4) is 0 Å². The van der Waals surface area contributed by atoms with Crippen molar-refractivity contribution in [1.82, 2.24) is 15.3 Å². The molecule has 0 spiro atoms. The molecule has 1 N–H and O–H groups in total. The van der Waals surface area contributed by atoms with Crippen LogP contribution in [0.1, 0.15) is 23.4 Å². The van der Waals surface area contributed by atoms with Crippen molar-refractivity contribution in [3.8, 4) is 0 Å². The van der Waals surface area contributed by atoms with Crippen LogP contribution >= 0.6 is 22.9 Å². The molecule has 7 heteroatoms. The first-order chi connectivity index (χ1) is 12.6. The Labute approximate surface area is 161 Å². The topological polar surface area (TPSA) is 58.1 Å². The van der Waals surface area contributed by atoms with E-state index in [1.807, 2.05) is 48.2 Å². The third-order valence-corrected chi connectivity index (χ3v) is 5.89. The van der Waals surface area contributed by atoms with Crippen LogP contribution in [0.15, 0.2) is 36.4 Å². The third kappa shape index (κ3) is 3.39. The Hall–Kier alpha value is -2.18. The Morgan fingerprint density at radius 3 is 2.96 bits per heavy atom.